The predicted molar refractivity (Wildman–Crippen MR) is 83.5 cm³/mol. The number of hydrogen-bond acceptors (Lipinski definition) is 3. The Morgan fingerprint density at radius 2 is 1.70 bits per heavy atom. The predicted octanol–water partition coefficient (Wildman–Crippen LogP) is 3.40. The van der Waals surface area contributed by atoms with E-state index >= 15 is 0 Å². The summed E-state index contributed by atoms with van der Waals surface area (Å²) in [5, 5.41) is 5.08. The van der Waals surface area contributed by atoms with Crippen molar-refractivity contribution in [1.29, 1.82) is 0 Å². The van der Waals surface area contributed by atoms with Crippen molar-refractivity contribution < 1.29 is 18.7 Å². The normalized spacial score (nSPS) is 18.8. The van der Waals surface area contributed by atoms with E-state index in [9.17, 15) is 14.0 Å². The van der Waals surface area contributed by atoms with Crippen molar-refractivity contribution in [3.8, 4) is 0 Å². The lowest BCUT2D eigenvalue weighted by molar-refractivity contribution is -0.117. The Labute approximate surface area is 132 Å². The SMILES string of the molecule is O=C(Nc1ccccc1F)OC1CC1C(=O)Nc1ccccc1. The van der Waals surface area contributed by atoms with Gasteiger partial charge in [0, 0.05) is 12.1 Å². The third-order valence-corrected chi connectivity index (χ3v) is 3.48. The molecular weight excluding hydrogens is 299 g/mol. The highest BCUT2D eigenvalue weighted by Gasteiger charge is 2.46. The Hall–Kier alpha value is -2.89. The Bertz CT molecular complexity index is 721. The van der Waals surface area contributed by atoms with Crippen LogP contribution in [-0.4, -0.2) is 18.1 Å². The average Bonchev–Trinajstić information content (AvgIpc) is 3.30. The molecule has 0 radical (unpaired) electrons. The summed E-state index contributed by atoms with van der Waals surface area (Å²) in [5.74, 6) is -1.11. The van der Waals surface area contributed by atoms with Gasteiger partial charge in [-0.25, -0.2) is 9.18 Å². The van der Waals surface area contributed by atoms with Gasteiger partial charge in [-0.2, -0.15) is 0 Å². The monoisotopic (exact) mass is 314 g/mol. The number of nitrogens with one attached hydrogen (secondary N) is 2. The Morgan fingerprint density at radius 3 is 2.43 bits per heavy atom. The number of benzene rings is 2. The maximum absolute atomic E-state index is 13.4. The molecule has 118 valence electrons. The smallest absolute Gasteiger partial charge is 0.412 e. The molecule has 5 nitrogen and oxygen atoms in total. The summed E-state index contributed by atoms with van der Waals surface area (Å²) >= 11 is 0. The molecule has 0 aromatic heterocycles. The van der Waals surface area contributed by atoms with Crippen LogP contribution in [0, 0.1) is 11.7 Å². The van der Waals surface area contributed by atoms with Gasteiger partial charge in [-0.15, -0.1) is 0 Å². The number of carbonyl (C=O) groups is 2. The molecule has 0 spiro atoms. The van der Waals surface area contributed by atoms with Crippen molar-refractivity contribution in [1.82, 2.24) is 0 Å². The molecule has 1 saturated carbocycles. The molecule has 1 fully saturated rings. The summed E-state index contributed by atoms with van der Waals surface area (Å²) in [7, 11) is 0. The van der Waals surface area contributed by atoms with Crippen LogP contribution < -0.4 is 10.6 Å². The van der Waals surface area contributed by atoms with E-state index in [4.69, 9.17) is 4.74 Å². The van der Waals surface area contributed by atoms with Crippen molar-refractivity contribution in [2.45, 2.75) is 12.5 Å². The molecule has 23 heavy (non-hydrogen) atoms. The van der Waals surface area contributed by atoms with Gasteiger partial charge >= 0.3 is 6.09 Å². The molecule has 2 aromatic carbocycles. The van der Waals surface area contributed by atoms with E-state index in [0.29, 0.717) is 12.1 Å². The Morgan fingerprint density at radius 1 is 1.00 bits per heavy atom. The van der Waals surface area contributed by atoms with E-state index in [0.717, 1.165) is 0 Å². The number of hydrogen-bond donors (Lipinski definition) is 2. The minimum atomic E-state index is -0.768. The molecule has 6 heteroatoms. The zero-order valence-corrected chi connectivity index (χ0v) is 12.2. The Balaban J connectivity index is 1.48. The zero-order valence-electron chi connectivity index (χ0n) is 12.2. The van der Waals surface area contributed by atoms with Gasteiger partial charge in [0.25, 0.3) is 0 Å². The van der Waals surface area contributed by atoms with Crippen LogP contribution in [-0.2, 0) is 9.53 Å². The second-order valence-corrected chi connectivity index (χ2v) is 5.25. The zero-order chi connectivity index (χ0) is 16.2. The number of rotatable bonds is 4. The molecular formula is C17H15FN2O3. The Kier molecular flexibility index (Phi) is 4.23. The van der Waals surface area contributed by atoms with Gasteiger partial charge in [-0.05, 0) is 24.3 Å². The maximum atomic E-state index is 13.4. The third kappa shape index (κ3) is 3.85. The van der Waals surface area contributed by atoms with Gasteiger partial charge in [0.1, 0.15) is 11.9 Å². The lowest BCUT2D eigenvalue weighted by Crippen LogP contribution is -2.20. The first kappa shape index (κ1) is 15.0. The summed E-state index contributed by atoms with van der Waals surface area (Å²) in [5.41, 5.74) is 0.738. The van der Waals surface area contributed by atoms with Crippen molar-refractivity contribution in [2.75, 3.05) is 10.6 Å². The number of para-hydroxylation sites is 2. The molecule has 0 heterocycles. The fourth-order valence-electron chi connectivity index (χ4n) is 2.17. The second-order valence-electron chi connectivity index (χ2n) is 5.25. The van der Waals surface area contributed by atoms with Crippen LogP contribution >= 0.6 is 0 Å². The van der Waals surface area contributed by atoms with Crippen LogP contribution in [0.1, 0.15) is 6.42 Å². The van der Waals surface area contributed by atoms with Crippen LogP contribution in [0.5, 0.6) is 0 Å². The molecule has 1 aliphatic carbocycles. The molecule has 2 amide bonds. The molecule has 2 unspecified atom stereocenters. The first-order valence-corrected chi connectivity index (χ1v) is 7.21. The van der Waals surface area contributed by atoms with E-state index in [2.05, 4.69) is 10.6 Å². The number of halogens is 1. The summed E-state index contributed by atoms with van der Waals surface area (Å²) in [6.07, 6.45) is -0.788. The minimum absolute atomic E-state index is 0.0448. The number of amides is 2. The fraction of sp³-hybridized carbons (Fsp3) is 0.176. The van der Waals surface area contributed by atoms with Crippen LogP contribution in [0.2, 0.25) is 0 Å². The van der Waals surface area contributed by atoms with Gasteiger partial charge < -0.3 is 10.1 Å². The maximum Gasteiger partial charge on any atom is 0.412 e. The van der Waals surface area contributed by atoms with Crippen LogP contribution in [0.4, 0.5) is 20.6 Å². The highest BCUT2D eigenvalue weighted by Crippen LogP contribution is 2.35. The average molecular weight is 314 g/mol. The van der Waals surface area contributed by atoms with E-state index in [-0.39, 0.29) is 17.5 Å². The summed E-state index contributed by atoms with van der Waals surface area (Å²) in [6.45, 7) is 0. The summed E-state index contributed by atoms with van der Waals surface area (Å²) < 4.78 is 18.5. The third-order valence-electron chi connectivity index (χ3n) is 3.48. The largest absolute Gasteiger partial charge is 0.445 e. The van der Waals surface area contributed by atoms with Gasteiger partial charge in [-0.3, -0.25) is 10.1 Å². The standard InChI is InChI=1S/C17H15FN2O3/c18-13-8-4-5-9-14(13)20-17(22)23-15-10-12(15)16(21)19-11-6-2-1-3-7-11/h1-9,12,15H,10H2,(H,19,21)(H,20,22). The van der Waals surface area contributed by atoms with Crippen molar-refractivity contribution >= 4 is 23.4 Å². The topological polar surface area (TPSA) is 67.4 Å². The van der Waals surface area contributed by atoms with Gasteiger partial charge in [0.05, 0.1) is 11.6 Å². The van der Waals surface area contributed by atoms with Gasteiger partial charge in [-0.1, -0.05) is 30.3 Å². The quantitative estimate of drug-likeness (QED) is 0.909. The first-order valence-electron chi connectivity index (χ1n) is 7.21. The lowest BCUT2D eigenvalue weighted by atomic mass is 10.3. The molecule has 3 rings (SSSR count). The molecule has 0 bridgehead atoms. The fourth-order valence-corrected chi connectivity index (χ4v) is 2.17. The molecule has 2 N–H and O–H groups in total. The molecule has 2 aromatic rings. The van der Waals surface area contributed by atoms with Crippen LogP contribution in [0.3, 0.4) is 0 Å². The van der Waals surface area contributed by atoms with Crippen LogP contribution in [0.15, 0.2) is 54.6 Å². The molecule has 1 aliphatic rings. The molecule has 2 atom stereocenters. The second kappa shape index (κ2) is 6.48. The summed E-state index contributed by atoms with van der Waals surface area (Å²) in [6, 6.07) is 14.8. The highest BCUT2D eigenvalue weighted by molar-refractivity contribution is 5.95. The van der Waals surface area contributed by atoms with Crippen molar-refractivity contribution in [3.63, 3.8) is 0 Å². The first-order chi connectivity index (χ1) is 11.1. The lowest BCUT2D eigenvalue weighted by Gasteiger charge is -2.08. The van der Waals surface area contributed by atoms with E-state index in [1.807, 2.05) is 18.2 Å². The number of carbonyl (C=O) groups excluding carboxylic acids is 2. The van der Waals surface area contributed by atoms with Crippen LogP contribution in [0.25, 0.3) is 0 Å². The summed E-state index contributed by atoms with van der Waals surface area (Å²) in [4.78, 5) is 23.7. The van der Waals surface area contributed by atoms with E-state index < -0.39 is 18.0 Å². The number of anilines is 2. The van der Waals surface area contributed by atoms with E-state index in [1.165, 1.54) is 18.2 Å². The van der Waals surface area contributed by atoms with Crippen molar-refractivity contribution in [3.05, 3.63) is 60.4 Å². The van der Waals surface area contributed by atoms with Gasteiger partial charge in [0.15, 0.2) is 0 Å². The van der Waals surface area contributed by atoms with Gasteiger partial charge in [0.2, 0.25) is 5.91 Å². The molecule has 0 saturated heterocycles. The highest BCUT2D eigenvalue weighted by atomic mass is 19.1. The molecule has 0 aliphatic heterocycles. The minimum Gasteiger partial charge on any atom is -0.445 e. The van der Waals surface area contributed by atoms with E-state index in [1.54, 1.807) is 18.2 Å². The van der Waals surface area contributed by atoms with Crippen molar-refractivity contribution in [2.24, 2.45) is 5.92 Å². The number of ether oxygens (including phenoxy) is 1.